The smallest absolute Gasteiger partial charge is 0.224 e. The van der Waals surface area contributed by atoms with Gasteiger partial charge in [-0.3, -0.25) is 0 Å². The molecule has 0 radical (unpaired) electrons. The summed E-state index contributed by atoms with van der Waals surface area (Å²) in [4.78, 5) is 8.12. The van der Waals surface area contributed by atoms with Gasteiger partial charge in [0.1, 0.15) is 6.33 Å². The Morgan fingerprint density at radius 1 is 1.11 bits per heavy atom. The Hall–Kier alpha value is -1.40. The van der Waals surface area contributed by atoms with Crippen molar-refractivity contribution in [2.45, 2.75) is 26.3 Å². The average Bonchev–Trinajstić information content (AvgIpc) is 2.46. The van der Waals surface area contributed by atoms with Gasteiger partial charge in [-0.05, 0) is 6.42 Å². The largest absolute Gasteiger partial charge is 0.481 e. The first kappa shape index (κ1) is 15.7. The zero-order valence-corrected chi connectivity index (χ0v) is 11.9. The highest BCUT2D eigenvalue weighted by Gasteiger charge is 2.11. The van der Waals surface area contributed by atoms with Gasteiger partial charge in [-0.1, -0.05) is 13.3 Å². The molecule has 0 unspecified atom stereocenters. The van der Waals surface area contributed by atoms with E-state index in [2.05, 4.69) is 22.2 Å². The Labute approximate surface area is 114 Å². The second kappa shape index (κ2) is 9.52. The molecule has 6 heteroatoms. The molecule has 108 valence electrons. The van der Waals surface area contributed by atoms with Crippen molar-refractivity contribution in [3.05, 3.63) is 11.9 Å². The lowest BCUT2D eigenvalue weighted by Gasteiger charge is -2.11. The molecule has 0 aliphatic rings. The molecular formula is C13H23N3O3. The molecule has 1 rings (SSSR count). The van der Waals surface area contributed by atoms with Gasteiger partial charge in [0.25, 0.3) is 0 Å². The van der Waals surface area contributed by atoms with E-state index in [4.69, 9.17) is 14.2 Å². The van der Waals surface area contributed by atoms with E-state index in [1.807, 2.05) is 0 Å². The molecule has 0 spiro atoms. The summed E-state index contributed by atoms with van der Waals surface area (Å²) in [5.74, 6) is 1.07. The molecule has 1 heterocycles. The van der Waals surface area contributed by atoms with Crippen LogP contribution in [0.3, 0.4) is 0 Å². The highest BCUT2D eigenvalue weighted by atomic mass is 16.5. The van der Waals surface area contributed by atoms with Gasteiger partial charge in [0.2, 0.25) is 11.8 Å². The van der Waals surface area contributed by atoms with Crippen molar-refractivity contribution in [1.82, 2.24) is 15.3 Å². The van der Waals surface area contributed by atoms with Gasteiger partial charge in [-0.2, -0.15) is 0 Å². The van der Waals surface area contributed by atoms with E-state index >= 15 is 0 Å². The molecule has 0 saturated carbocycles. The SMILES string of the molecule is CCCCOCCNCc1c(OC)ncnc1OC. The third-order valence-corrected chi connectivity index (χ3v) is 2.62. The molecule has 0 amide bonds. The fourth-order valence-corrected chi connectivity index (χ4v) is 1.59. The minimum atomic E-state index is 0.534. The van der Waals surface area contributed by atoms with Crippen LogP contribution < -0.4 is 14.8 Å². The predicted octanol–water partition coefficient (Wildman–Crippen LogP) is 1.40. The Bertz CT molecular complexity index is 339. The second-order valence-corrected chi connectivity index (χ2v) is 4.01. The highest BCUT2D eigenvalue weighted by molar-refractivity contribution is 5.34. The van der Waals surface area contributed by atoms with Crippen molar-refractivity contribution in [2.75, 3.05) is 34.0 Å². The molecule has 0 aromatic carbocycles. The quantitative estimate of drug-likeness (QED) is 0.648. The molecule has 1 aromatic rings. The van der Waals surface area contributed by atoms with Gasteiger partial charge in [0.05, 0.1) is 26.4 Å². The van der Waals surface area contributed by atoms with Crippen LogP contribution in [0, 0.1) is 0 Å². The van der Waals surface area contributed by atoms with E-state index in [0.29, 0.717) is 24.9 Å². The van der Waals surface area contributed by atoms with Gasteiger partial charge in [0, 0.05) is 19.7 Å². The summed E-state index contributed by atoms with van der Waals surface area (Å²) in [5.41, 5.74) is 0.820. The fraction of sp³-hybridized carbons (Fsp3) is 0.692. The standard InChI is InChI=1S/C13H23N3O3/c1-4-5-7-19-8-6-14-9-11-12(17-2)15-10-16-13(11)18-3/h10,14H,4-9H2,1-3H3. The molecule has 6 nitrogen and oxygen atoms in total. The van der Waals surface area contributed by atoms with Crippen molar-refractivity contribution in [3.63, 3.8) is 0 Å². The minimum Gasteiger partial charge on any atom is -0.481 e. The third-order valence-electron chi connectivity index (χ3n) is 2.62. The van der Waals surface area contributed by atoms with Crippen LogP contribution >= 0.6 is 0 Å². The minimum absolute atomic E-state index is 0.534. The Morgan fingerprint density at radius 2 is 1.79 bits per heavy atom. The maximum Gasteiger partial charge on any atom is 0.224 e. The van der Waals surface area contributed by atoms with Crippen molar-refractivity contribution in [1.29, 1.82) is 0 Å². The number of rotatable bonds is 10. The van der Waals surface area contributed by atoms with Crippen molar-refractivity contribution < 1.29 is 14.2 Å². The van der Waals surface area contributed by atoms with Crippen LogP contribution in [0.2, 0.25) is 0 Å². The van der Waals surface area contributed by atoms with Crippen LogP contribution in [-0.2, 0) is 11.3 Å². The molecule has 0 fully saturated rings. The number of hydrogen-bond acceptors (Lipinski definition) is 6. The summed E-state index contributed by atoms with van der Waals surface area (Å²) >= 11 is 0. The molecule has 0 bridgehead atoms. The van der Waals surface area contributed by atoms with E-state index < -0.39 is 0 Å². The van der Waals surface area contributed by atoms with Crippen LogP contribution in [0.4, 0.5) is 0 Å². The first-order valence-electron chi connectivity index (χ1n) is 6.53. The molecular weight excluding hydrogens is 246 g/mol. The molecule has 0 aliphatic carbocycles. The monoisotopic (exact) mass is 269 g/mol. The van der Waals surface area contributed by atoms with E-state index in [-0.39, 0.29) is 0 Å². The summed E-state index contributed by atoms with van der Waals surface area (Å²) < 4.78 is 15.9. The summed E-state index contributed by atoms with van der Waals surface area (Å²) in [7, 11) is 3.16. The van der Waals surface area contributed by atoms with Crippen molar-refractivity contribution >= 4 is 0 Å². The van der Waals surface area contributed by atoms with Crippen molar-refractivity contribution in [2.24, 2.45) is 0 Å². The lowest BCUT2D eigenvalue weighted by atomic mass is 10.3. The first-order chi connectivity index (χ1) is 9.33. The molecule has 19 heavy (non-hydrogen) atoms. The summed E-state index contributed by atoms with van der Waals surface area (Å²) in [5, 5.41) is 3.26. The lowest BCUT2D eigenvalue weighted by Crippen LogP contribution is -2.20. The molecule has 0 atom stereocenters. The maximum absolute atomic E-state index is 5.47. The van der Waals surface area contributed by atoms with E-state index in [1.54, 1.807) is 14.2 Å². The van der Waals surface area contributed by atoms with Crippen LogP contribution in [0.15, 0.2) is 6.33 Å². The van der Waals surface area contributed by atoms with Crippen LogP contribution in [0.25, 0.3) is 0 Å². The van der Waals surface area contributed by atoms with Gasteiger partial charge in [-0.25, -0.2) is 9.97 Å². The highest BCUT2D eigenvalue weighted by Crippen LogP contribution is 2.22. The third kappa shape index (κ3) is 5.40. The van der Waals surface area contributed by atoms with Crippen LogP contribution in [0.5, 0.6) is 11.8 Å². The topological polar surface area (TPSA) is 65.5 Å². The Kier molecular flexibility index (Phi) is 7.84. The maximum atomic E-state index is 5.47. The number of aromatic nitrogens is 2. The zero-order valence-electron chi connectivity index (χ0n) is 11.9. The van der Waals surface area contributed by atoms with E-state index in [0.717, 1.165) is 31.6 Å². The lowest BCUT2D eigenvalue weighted by molar-refractivity contribution is 0.132. The number of nitrogens with one attached hydrogen (secondary N) is 1. The molecule has 0 aliphatic heterocycles. The Morgan fingerprint density at radius 3 is 2.37 bits per heavy atom. The summed E-state index contributed by atoms with van der Waals surface area (Å²) in [6, 6.07) is 0. The summed E-state index contributed by atoms with van der Waals surface area (Å²) in [6.07, 6.45) is 3.69. The summed E-state index contributed by atoms with van der Waals surface area (Å²) in [6.45, 7) is 5.02. The molecule has 1 aromatic heterocycles. The molecule has 1 N–H and O–H groups in total. The van der Waals surface area contributed by atoms with Crippen LogP contribution in [-0.4, -0.2) is 43.9 Å². The zero-order chi connectivity index (χ0) is 13.9. The van der Waals surface area contributed by atoms with Gasteiger partial charge in [0.15, 0.2) is 0 Å². The van der Waals surface area contributed by atoms with Gasteiger partial charge >= 0.3 is 0 Å². The number of nitrogens with zero attached hydrogens (tertiary/aromatic N) is 2. The number of unbranched alkanes of at least 4 members (excludes halogenated alkanes) is 1. The second-order valence-electron chi connectivity index (χ2n) is 4.01. The van der Waals surface area contributed by atoms with Gasteiger partial charge < -0.3 is 19.5 Å². The van der Waals surface area contributed by atoms with E-state index in [9.17, 15) is 0 Å². The number of hydrogen-bond donors (Lipinski definition) is 1. The fourth-order valence-electron chi connectivity index (χ4n) is 1.59. The van der Waals surface area contributed by atoms with Crippen LogP contribution in [0.1, 0.15) is 25.3 Å². The number of ether oxygens (including phenoxy) is 3. The van der Waals surface area contributed by atoms with Gasteiger partial charge in [-0.15, -0.1) is 0 Å². The Balaban J connectivity index is 2.35. The predicted molar refractivity (Wildman–Crippen MR) is 72.6 cm³/mol. The first-order valence-corrected chi connectivity index (χ1v) is 6.53. The molecule has 0 saturated heterocycles. The number of methoxy groups -OCH3 is 2. The normalized spacial score (nSPS) is 10.5. The van der Waals surface area contributed by atoms with Crippen molar-refractivity contribution in [3.8, 4) is 11.8 Å². The van der Waals surface area contributed by atoms with E-state index in [1.165, 1.54) is 6.33 Å². The average molecular weight is 269 g/mol.